The molecule has 144 valence electrons. The van der Waals surface area contributed by atoms with Gasteiger partial charge in [-0.05, 0) is 49.1 Å². The lowest BCUT2D eigenvalue weighted by Gasteiger charge is -2.32. The standard InChI is InChI=1S/C19H20F3N3O2/c1-2-13-10-23-18(24-11-13)27-16-4-3-9-25(12-16)17(26)14-5-7-15(8-6-14)19(20,21)22/h5-8,10-11,16H,2-4,9,12H2,1H3. The number of carbonyl (C=O) groups excluding carboxylic acids is 1. The zero-order valence-corrected chi connectivity index (χ0v) is 14.9. The smallest absolute Gasteiger partial charge is 0.416 e. The average molecular weight is 379 g/mol. The van der Waals surface area contributed by atoms with E-state index in [2.05, 4.69) is 9.97 Å². The molecule has 0 radical (unpaired) electrons. The number of hydrogen-bond donors (Lipinski definition) is 0. The van der Waals surface area contributed by atoms with Gasteiger partial charge >= 0.3 is 12.2 Å². The molecule has 1 fully saturated rings. The minimum absolute atomic E-state index is 0.229. The van der Waals surface area contributed by atoms with Crippen LogP contribution in [0.5, 0.6) is 6.01 Å². The van der Waals surface area contributed by atoms with Crippen LogP contribution in [0.4, 0.5) is 13.2 Å². The van der Waals surface area contributed by atoms with Crippen molar-refractivity contribution in [3.63, 3.8) is 0 Å². The molecule has 1 aromatic carbocycles. The Hall–Kier alpha value is -2.64. The third kappa shape index (κ3) is 4.75. The van der Waals surface area contributed by atoms with Crippen LogP contribution in [0.25, 0.3) is 0 Å². The van der Waals surface area contributed by atoms with Crippen molar-refractivity contribution in [2.24, 2.45) is 0 Å². The molecule has 3 rings (SSSR count). The molecule has 0 spiro atoms. The van der Waals surface area contributed by atoms with Crippen LogP contribution in [-0.4, -0.2) is 40.0 Å². The second-order valence-corrected chi connectivity index (χ2v) is 6.44. The summed E-state index contributed by atoms with van der Waals surface area (Å²) < 4.78 is 43.7. The number of benzene rings is 1. The van der Waals surface area contributed by atoms with Crippen LogP contribution < -0.4 is 4.74 Å². The maximum atomic E-state index is 12.7. The average Bonchev–Trinajstić information content (AvgIpc) is 2.68. The van der Waals surface area contributed by atoms with Gasteiger partial charge in [0.25, 0.3) is 5.91 Å². The van der Waals surface area contributed by atoms with E-state index < -0.39 is 11.7 Å². The van der Waals surface area contributed by atoms with Crippen LogP contribution in [0.15, 0.2) is 36.7 Å². The molecule has 27 heavy (non-hydrogen) atoms. The Balaban J connectivity index is 1.63. The van der Waals surface area contributed by atoms with Crippen molar-refractivity contribution in [2.45, 2.75) is 38.5 Å². The molecule has 1 atom stereocenters. The summed E-state index contributed by atoms with van der Waals surface area (Å²) >= 11 is 0. The lowest BCUT2D eigenvalue weighted by atomic mass is 10.1. The number of alkyl halides is 3. The Morgan fingerprint density at radius 3 is 2.48 bits per heavy atom. The highest BCUT2D eigenvalue weighted by Crippen LogP contribution is 2.29. The van der Waals surface area contributed by atoms with Gasteiger partial charge in [0, 0.05) is 24.5 Å². The molecule has 1 aromatic heterocycles. The summed E-state index contributed by atoms with van der Waals surface area (Å²) in [5, 5.41) is 0. The number of aryl methyl sites for hydroxylation is 1. The van der Waals surface area contributed by atoms with E-state index >= 15 is 0 Å². The second kappa shape index (κ2) is 7.94. The number of halogens is 3. The molecule has 1 saturated heterocycles. The summed E-state index contributed by atoms with van der Waals surface area (Å²) in [7, 11) is 0. The first-order chi connectivity index (χ1) is 12.9. The summed E-state index contributed by atoms with van der Waals surface area (Å²) in [6, 6.07) is 4.54. The third-order valence-electron chi connectivity index (χ3n) is 4.49. The Kier molecular flexibility index (Phi) is 5.62. The van der Waals surface area contributed by atoms with Crippen molar-refractivity contribution in [1.82, 2.24) is 14.9 Å². The van der Waals surface area contributed by atoms with Crippen LogP contribution in [-0.2, 0) is 12.6 Å². The number of ether oxygens (including phenoxy) is 1. The Morgan fingerprint density at radius 1 is 1.22 bits per heavy atom. The van der Waals surface area contributed by atoms with Gasteiger partial charge in [-0.1, -0.05) is 6.92 Å². The molecular weight excluding hydrogens is 359 g/mol. The van der Waals surface area contributed by atoms with Crippen molar-refractivity contribution in [3.8, 4) is 6.01 Å². The summed E-state index contributed by atoms with van der Waals surface area (Å²) in [5.74, 6) is -0.306. The molecule has 2 heterocycles. The molecule has 1 unspecified atom stereocenters. The molecule has 0 saturated carbocycles. The number of nitrogens with zero attached hydrogens (tertiary/aromatic N) is 3. The highest BCUT2D eigenvalue weighted by atomic mass is 19.4. The Labute approximate surface area is 155 Å². The number of piperidine rings is 1. The number of amides is 1. The van der Waals surface area contributed by atoms with E-state index in [1.807, 2.05) is 6.92 Å². The fourth-order valence-corrected chi connectivity index (χ4v) is 2.94. The van der Waals surface area contributed by atoms with Crippen LogP contribution in [0.1, 0.15) is 41.3 Å². The molecule has 0 aliphatic carbocycles. The quantitative estimate of drug-likeness (QED) is 0.812. The van der Waals surface area contributed by atoms with Crippen molar-refractivity contribution in [1.29, 1.82) is 0 Å². The Morgan fingerprint density at radius 2 is 1.89 bits per heavy atom. The minimum Gasteiger partial charge on any atom is -0.458 e. The van der Waals surface area contributed by atoms with Gasteiger partial charge in [0.1, 0.15) is 6.10 Å². The van der Waals surface area contributed by atoms with E-state index in [0.717, 1.165) is 37.0 Å². The molecule has 5 nitrogen and oxygen atoms in total. The van der Waals surface area contributed by atoms with Crippen molar-refractivity contribution >= 4 is 5.91 Å². The van der Waals surface area contributed by atoms with Crippen molar-refractivity contribution in [3.05, 3.63) is 53.3 Å². The summed E-state index contributed by atoms with van der Waals surface area (Å²) in [5.41, 5.74) is 0.462. The van der Waals surface area contributed by atoms with Crippen LogP contribution >= 0.6 is 0 Å². The largest absolute Gasteiger partial charge is 0.458 e. The van der Waals surface area contributed by atoms with E-state index in [-0.39, 0.29) is 23.6 Å². The number of likely N-dealkylation sites (tertiary alicyclic amines) is 1. The van der Waals surface area contributed by atoms with Crippen LogP contribution in [0.2, 0.25) is 0 Å². The summed E-state index contributed by atoms with van der Waals surface area (Å²) in [4.78, 5) is 22.5. The molecule has 8 heteroatoms. The predicted molar refractivity (Wildman–Crippen MR) is 92.4 cm³/mol. The second-order valence-electron chi connectivity index (χ2n) is 6.44. The number of rotatable bonds is 4. The number of aromatic nitrogens is 2. The topological polar surface area (TPSA) is 55.3 Å². The van der Waals surface area contributed by atoms with Gasteiger partial charge in [0.15, 0.2) is 0 Å². The molecule has 0 N–H and O–H groups in total. The number of carbonyl (C=O) groups is 1. The fraction of sp³-hybridized carbons (Fsp3) is 0.421. The van der Waals surface area contributed by atoms with Gasteiger partial charge < -0.3 is 9.64 Å². The van der Waals surface area contributed by atoms with Gasteiger partial charge in [-0.2, -0.15) is 13.2 Å². The van der Waals surface area contributed by atoms with Gasteiger partial charge in [-0.3, -0.25) is 4.79 Å². The van der Waals surface area contributed by atoms with E-state index in [1.165, 1.54) is 12.1 Å². The minimum atomic E-state index is -4.42. The first-order valence-electron chi connectivity index (χ1n) is 8.81. The first-order valence-corrected chi connectivity index (χ1v) is 8.81. The summed E-state index contributed by atoms with van der Waals surface area (Å²) in [6.45, 7) is 2.89. The zero-order chi connectivity index (χ0) is 19.4. The maximum Gasteiger partial charge on any atom is 0.416 e. The highest BCUT2D eigenvalue weighted by Gasteiger charge is 2.31. The predicted octanol–water partition coefficient (Wildman–Crippen LogP) is 3.74. The van der Waals surface area contributed by atoms with Crippen molar-refractivity contribution in [2.75, 3.05) is 13.1 Å². The molecule has 2 aromatic rings. The SMILES string of the molecule is CCc1cnc(OC2CCCN(C(=O)c3ccc(C(F)(F)F)cc3)C2)nc1. The molecule has 1 aliphatic heterocycles. The Bertz CT molecular complexity index is 776. The normalized spacial score (nSPS) is 17.6. The van der Waals surface area contributed by atoms with Gasteiger partial charge in [0.05, 0.1) is 12.1 Å². The van der Waals surface area contributed by atoms with Gasteiger partial charge in [-0.15, -0.1) is 0 Å². The van der Waals surface area contributed by atoms with Gasteiger partial charge in [-0.25, -0.2) is 9.97 Å². The van der Waals surface area contributed by atoms with E-state index in [9.17, 15) is 18.0 Å². The molecule has 0 bridgehead atoms. The maximum absolute atomic E-state index is 12.7. The monoisotopic (exact) mass is 379 g/mol. The van der Waals surface area contributed by atoms with E-state index in [0.29, 0.717) is 13.1 Å². The van der Waals surface area contributed by atoms with Crippen molar-refractivity contribution < 1.29 is 22.7 Å². The van der Waals surface area contributed by atoms with Gasteiger partial charge in [0.2, 0.25) is 0 Å². The lowest BCUT2D eigenvalue weighted by molar-refractivity contribution is -0.137. The molecule has 1 amide bonds. The highest BCUT2D eigenvalue weighted by molar-refractivity contribution is 5.94. The third-order valence-corrected chi connectivity index (χ3v) is 4.49. The zero-order valence-electron chi connectivity index (χ0n) is 14.9. The van der Waals surface area contributed by atoms with E-state index in [1.54, 1.807) is 17.3 Å². The fourth-order valence-electron chi connectivity index (χ4n) is 2.94. The first kappa shape index (κ1) is 19.1. The summed E-state index contributed by atoms with van der Waals surface area (Å²) in [6.07, 6.45) is 1.08. The molecule has 1 aliphatic rings. The molecular formula is C19H20F3N3O2. The van der Waals surface area contributed by atoms with E-state index in [4.69, 9.17) is 4.74 Å². The lowest BCUT2D eigenvalue weighted by Crippen LogP contribution is -2.44. The van der Waals surface area contributed by atoms with Crippen LogP contribution in [0.3, 0.4) is 0 Å². The van der Waals surface area contributed by atoms with Crippen LogP contribution in [0, 0.1) is 0 Å². The number of hydrogen-bond acceptors (Lipinski definition) is 4.